The number of nitrogens with one attached hydrogen (secondary N) is 1. The predicted molar refractivity (Wildman–Crippen MR) is 171 cm³/mol. The maximum Gasteiger partial charge on any atom is 0.293 e. The van der Waals surface area contributed by atoms with Crippen molar-refractivity contribution >= 4 is 52.2 Å². The summed E-state index contributed by atoms with van der Waals surface area (Å²) in [5.74, 6) is 1.10. The molecule has 43 heavy (non-hydrogen) atoms. The summed E-state index contributed by atoms with van der Waals surface area (Å²) in [6, 6.07) is 16.4. The highest BCUT2D eigenvalue weighted by atomic mass is 35.5. The molecule has 0 saturated carbocycles. The van der Waals surface area contributed by atoms with Gasteiger partial charge < -0.3 is 19.5 Å². The summed E-state index contributed by atoms with van der Waals surface area (Å²) in [5.41, 5.74) is 4.29. The number of anilines is 1. The molecule has 1 saturated heterocycles. The number of rotatable bonds is 12. The molecule has 0 atom stereocenters. The third kappa shape index (κ3) is 8.33. The van der Waals surface area contributed by atoms with Crippen LogP contribution >= 0.6 is 23.4 Å². The van der Waals surface area contributed by atoms with Crippen LogP contribution in [0.4, 0.5) is 10.5 Å². The number of nitrogens with zero attached hydrogens (tertiary/aromatic N) is 1. The average molecular weight is 623 g/mol. The summed E-state index contributed by atoms with van der Waals surface area (Å²) >= 11 is 7.02. The van der Waals surface area contributed by atoms with E-state index in [1.807, 2.05) is 45.0 Å². The van der Waals surface area contributed by atoms with E-state index in [2.05, 4.69) is 19.2 Å². The highest BCUT2D eigenvalue weighted by molar-refractivity contribution is 8.18. The van der Waals surface area contributed by atoms with Crippen LogP contribution in [0, 0.1) is 13.8 Å². The van der Waals surface area contributed by atoms with Gasteiger partial charge in [-0.15, -0.1) is 0 Å². The van der Waals surface area contributed by atoms with Crippen LogP contribution in [0.3, 0.4) is 0 Å². The maximum absolute atomic E-state index is 13.1. The molecule has 10 heteroatoms. The first kappa shape index (κ1) is 32.0. The van der Waals surface area contributed by atoms with Gasteiger partial charge in [-0.25, -0.2) is 0 Å². The summed E-state index contributed by atoms with van der Waals surface area (Å²) < 4.78 is 17.5. The number of thioether (sulfide) groups is 1. The Morgan fingerprint density at radius 3 is 2.49 bits per heavy atom. The standard InChI is InChI=1S/C33H35ClN2O6S/c1-6-40-29-16-23(9-12-27(29)42-19-31(37)35-24-10-8-22(5)26(34)18-24)17-30-32(38)36(33(39)43-30)13-14-41-28-15-21(4)7-11-25(28)20(2)3/h7-12,15-18,20H,6,13-14,19H2,1-5H3,(H,35,37)/b30-17-. The molecule has 1 heterocycles. The van der Waals surface area contributed by atoms with Crippen molar-refractivity contribution in [3.8, 4) is 17.2 Å². The first-order chi connectivity index (χ1) is 20.5. The number of carbonyl (C=O) groups is 3. The first-order valence-electron chi connectivity index (χ1n) is 14.0. The van der Waals surface area contributed by atoms with Gasteiger partial charge >= 0.3 is 0 Å². The Kier molecular flexibility index (Phi) is 10.8. The summed E-state index contributed by atoms with van der Waals surface area (Å²) in [6.45, 7) is 10.3. The molecular formula is C33H35ClN2O6S. The lowest BCUT2D eigenvalue weighted by molar-refractivity contribution is -0.123. The zero-order valence-corrected chi connectivity index (χ0v) is 26.4. The molecule has 0 spiro atoms. The monoisotopic (exact) mass is 622 g/mol. The number of halogens is 1. The molecule has 3 amide bonds. The van der Waals surface area contributed by atoms with Crippen molar-refractivity contribution in [1.82, 2.24) is 4.90 Å². The van der Waals surface area contributed by atoms with Crippen LogP contribution in [-0.2, 0) is 9.59 Å². The fraction of sp³-hybridized carbons (Fsp3) is 0.303. The topological polar surface area (TPSA) is 94.2 Å². The van der Waals surface area contributed by atoms with Crippen LogP contribution in [0.1, 0.15) is 48.9 Å². The lowest BCUT2D eigenvalue weighted by Gasteiger charge is -2.17. The number of hydrogen-bond donors (Lipinski definition) is 1. The van der Waals surface area contributed by atoms with E-state index in [4.69, 9.17) is 25.8 Å². The second-order valence-electron chi connectivity index (χ2n) is 10.3. The highest BCUT2D eigenvalue weighted by Crippen LogP contribution is 2.35. The van der Waals surface area contributed by atoms with Gasteiger partial charge in [-0.2, -0.15) is 0 Å². The number of carbonyl (C=O) groups excluding carboxylic acids is 3. The van der Waals surface area contributed by atoms with Gasteiger partial charge in [-0.1, -0.05) is 49.7 Å². The Bertz CT molecular complexity index is 1550. The molecular weight excluding hydrogens is 588 g/mol. The van der Waals surface area contributed by atoms with Gasteiger partial charge in [0.2, 0.25) is 0 Å². The number of hydrogen-bond acceptors (Lipinski definition) is 7. The zero-order valence-electron chi connectivity index (χ0n) is 24.9. The fourth-order valence-corrected chi connectivity index (χ4v) is 5.39. The molecule has 8 nitrogen and oxygen atoms in total. The Morgan fingerprint density at radius 1 is 0.977 bits per heavy atom. The molecule has 226 valence electrons. The molecule has 1 fully saturated rings. The van der Waals surface area contributed by atoms with Gasteiger partial charge in [0.05, 0.1) is 18.1 Å². The summed E-state index contributed by atoms with van der Waals surface area (Å²) in [6.07, 6.45) is 1.64. The number of benzene rings is 3. The van der Waals surface area contributed by atoms with E-state index in [-0.39, 0.29) is 42.7 Å². The molecule has 1 N–H and O–H groups in total. The van der Waals surface area contributed by atoms with Crippen molar-refractivity contribution in [2.24, 2.45) is 0 Å². The summed E-state index contributed by atoms with van der Waals surface area (Å²) in [4.78, 5) is 39.7. The molecule has 4 rings (SSSR count). The number of ether oxygens (including phenoxy) is 3. The molecule has 1 aliphatic rings. The van der Waals surface area contributed by atoms with Crippen LogP contribution in [0.2, 0.25) is 5.02 Å². The lowest BCUT2D eigenvalue weighted by Crippen LogP contribution is -2.32. The lowest BCUT2D eigenvalue weighted by atomic mass is 10.0. The molecule has 0 radical (unpaired) electrons. The van der Waals surface area contributed by atoms with E-state index in [0.29, 0.717) is 39.3 Å². The van der Waals surface area contributed by atoms with Gasteiger partial charge in [0.15, 0.2) is 18.1 Å². The minimum atomic E-state index is -0.377. The molecule has 0 aromatic heterocycles. The predicted octanol–water partition coefficient (Wildman–Crippen LogP) is 7.61. The van der Waals surface area contributed by atoms with Crippen molar-refractivity contribution in [1.29, 1.82) is 0 Å². The van der Waals surface area contributed by atoms with Crippen LogP contribution in [-0.4, -0.2) is 48.3 Å². The van der Waals surface area contributed by atoms with Gasteiger partial charge in [0.1, 0.15) is 12.4 Å². The van der Waals surface area contributed by atoms with Crippen LogP contribution in [0.5, 0.6) is 17.2 Å². The Balaban J connectivity index is 1.39. The van der Waals surface area contributed by atoms with Gasteiger partial charge in [-0.05, 0) is 97.1 Å². The smallest absolute Gasteiger partial charge is 0.293 e. The number of aryl methyl sites for hydroxylation is 2. The SMILES string of the molecule is CCOc1cc(/C=C2\SC(=O)N(CCOc3cc(C)ccc3C(C)C)C2=O)ccc1OCC(=O)Nc1ccc(C)c(Cl)c1. The van der Waals surface area contributed by atoms with E-state index in [1.54, 1.807) is 36.4 Å². The average Bonchev–Trinajstić information content (AvgIpc) is 3.22. The molecule has 1 aliphatic heterocycles. The minimum Gasteiger partial charge on any atom is -0.491 e. The van der Waals surface area contributed by atoms with E-state index < -0.39 is 0 Å². The van der Waals surface area contributed by atoms with Gasteiger partial charge in [0, 0.05) is 10.7 Å². The summed E-state index contributed by atoms with van der Waals surface area (Å²) in [7, 11) is 0. The summed E-state index contributed by atoms with van der Waals surface area (Å²) in [5, 5.41) is 2.96. The minimum absolute atomic E-state index is 0.140. The quantitative estimate of drug-likeness (QED) is 0.208. The largest absolute Gasteiger partial charge is 0.491 e. The van der Waals surface area contributed by atoms with Crippen molar-refractivity contribution < 1.29 is 28.6 Å². The zero-order chi connectivity index (χ0) is 31.1. The van der Waals surface area contributed by atoms with Crippen LogP contribution in [0.15, 0.2) is 59.5 Å². The Morgan fingerprint density at radius 2 is 1.77 bits per heavy atom. The highest BCUT2D eigenvalue weighted by Gasteiger charge is 2.35. The third-order valence-electron chi connectivity index (χ3n) is 6.62. The van der Waals surface area contributed by atoms with E-state index >= 15 is 0 Å². The van der Waals surface area contributed by atoms with E-state index in [0.717, 1.165) is 34.2 Å². The Labute approximate surface area is 261 Å². The van der Waals surface area contributed by atoms with Crippen LogP contribution in [0.25, 0.3) is 6.08 Å². The van der Waals surface area contributed by atoms with Crippen molar-refractivity contribution in [2.75, 3.05) is 31.7 Å². The van der Waals surface area contributed by atoms with Crippen molar-refractivity contribution in [3.05, 3.63) is 86.8 Å². The number of amides is 3. The van der Waals surface area contributed by atoms with Crippen molar-refractivity contribution in [2.45, 2.75) is 40.5 Å². The van der Waals surface area contributed by atoms with Crippen molar-refractivity contribution in [3.63, 3.8) is 0 Å². The third-order valence-corrected chi connectivity index (χ3v) is 7.93. The van der Waals surface area contributed by atoms with Crippen LogP contribution < -0.4 is 19.5 Å². The van der Waals surface area contributed by atoms with Gasteiger partial charge in [-0.3, -0.25) is 19.3 Å². The molecule has 0 bridgehead atoms. The molecule has 0 aliphatic carbocycles. The normalized spacial score (nSPS) is 14.0. The number of imide groups is 1. The van der Waals surface area contributed by atoms with E-state index in [1.165, 1.54) is 4.90 Å². The first-order valence-corrected chi connectivity index (χ1v) is 15.2. The molecule has 3 aromatic rings. The Hall–Kier alpha value is -3.95. The van der Waals surface area contributed by atoms with E-state index in [9.17, 15) is 14.4 Å². The molecule has 0 unspecified atom stereocenters. The molecule has 3 aromatic carbocycles. The van der Waals surface area contributed by atoms with Gasteiger partial charge in [0.25, 0.3) is 17.1 Å². The maximum atomic E-state index is 13.1. The fourth-order valence-electron chi connectivity index (χ4n) is 4.35. The second-order valence-corrected chi connectivity index (χ2v) is 11.7. The second kappa shape index (κ2) is 14.5.